The number of carbonyl (C=O) groups excluding carboxylic acids is 1. The predicted octanol–water partition coefficient (Wildman–Crippen LogP) is 3.76. The number of nitrogens with one attached hydrogen (secondary N) is 1. The predicted molar refractivity (Wildman–Crippen MR) is 114 cm³/mol. The minimum absolute atomic E-state index is 0.0332. The maximum Gasteiger partial charge on any atom is 0.317 e. The lowest BCUT2D eigenvalue weighted by Gasteiger charge is -2.34. The van der Waals surface area contributed by atoms with Crippen molar-refractivity contribution >= 4 is 23.7 Å². The number of rotatable bonds is 7. The second kappa shape index (κ2) is 10.7. The number of halogens is 1. The minimum Gasteiger partial charge on any atom is -0.492 e. The van der Waals surface area contributed by atoms with Gasteiger partial charge in [0.25, 0.3) is 0 Å². The molecule has 0 aliphatic carbocycles. The normalized spacial score (nSPS) is 15.0. The van der Waals surface area contributed by atoms with Crippen LogP contribution >= 0.6 is 11.6 Å². The summed E-state index contributed by atoms with van der Waals surface area (Å²) in [5, 5.41) is 3.55. The van der Waals surface area contributed by atoms with Crippen LogP contribution in [0.25, 0.3) is 6.08 Å². The highest BCUT2D eigenvalue weighted by Crippen LogP contribution is 2.16. The second-order valence-corrected chi connectivity index (χ2v) is 7.07. The van der Waals surface area contributed by atoms with Crippen LogP contribution in [0.4, 0.5) is 4.79 Å². The fraction of sp³-hybridized carbons (Fsp3) is 0.318. The van der Waals surface area contributed by atoms with E-state index in [1.807, 2.05) is 35.2 Å². The van der Waals surface area contributed by atoms with E-state index >= 15 is 0 Å². The van der Waals surface area contributed by atoms with Crippen LogP contribution in [0.2, 0.25) is 5.02 Å². The van der Waals surface area contributed by atoms with Crippen LogP contribution in [0.15, 0.2) is 60.7 Å². The van der Waals surface area contributed by atoms with Crippen molar-refractivity contribution in [1.82, 2.24) is 15.1 Å². The summed E-state index contributed by atoms with van der Waals surface area (Å²) < 4.78 is 5.59. The van der Waals surface area contributed by atoms with Crippen LogP contribution in [-0.2, 0) is 0 Å². The van der Waals surface area contributed by atoms with Crippen molar-refractivity contribution < 1.29 is 9.53 Å². The highest BCUT2D eigenvalue weighted by atomic mass is 35.5. The van der Waals surface area contributed by atoms with Gasteiger partial charge in [-0.05, 0) is 23.8 Å². The number of amides is 2. The minimum atomic E-state index is -0.0332. The summed E-state index contributed by atoms with van der Waals surface area (Å²) in [6, 6.07) is 17.5. The number of hydrogen-bond acceptors (Lipinski definition) is 3. The van der Waals surface area contributed by atoms with Gasteiger partial charge >= 0.3 is 6.03 Å². The van der Waals surface area contributed by atoms with E-state index in [1.54, 1.807) is 12.1 Å². The molecule has 2 amide bonds. The Morgan fingerprint density at radius 3 is 2.61 bits per heavy atom. The van der Waals surface area contributed by atoms with Crippen LogP contribution in [0, 0.1) is 0 Å². The molecule has 0 bridgehead atoms. The van der Waals surface area contributed by atoms with Gasteiger partial charge < -0.3 is 15.0 Å². The van der Waals surface area contributed by atoms with E-state index in [0.29, 0.717) is 23.9 Å². The Labute approximate surface area is 171 Å². The monoisotopic (exact) mass is 399 g/mol. The van der Waals surface area contributed by atoms with Gasteiger partial charge in [-0.3, -0.25) is 4.90 Å². The Bertz CT molecular complexity index is 774. The molecule has 1 heterocycles. The third-order valence-electron chi connectivity index (χ3n) is 4.58. The summed E-state index contributed by atoms with van der Waals surface area (Å²) in [5.74, 6) is 0.707. The van der Waals surface area contributed by atoms with Crippen LogP contribution in [0.5, 0.6) is 5.75 Å². The molecule has 2 aromatic rings. The molecule has 0 radical (unpaired) electrons. The zero-order valence-electron chi connectivity index (χ0n) is 15.9. The lowest BCUT2D eigenvalue weighted by molar-refractivity contribution is 0.145. The summed E-state index contributed by atoms with van der Waals surface area (Å²) in [6.45, 7) is 5.01. The van der Waals surface area contributed by atoms with Crippen molar-refractivity contribution in [3.63, 3.8) is 0 Å². The van der Waals surface area contributed by atoms with E-state index in [2.05, 4.69) is 34.5 Å². The van der Waals surface area contributed by atoms with Crippen LogP contribution in [0.1, 0.15) is 5.56 Å². The molecule has 28 heavy (non-hydrogen) atoms. The van der Waals surface area contributed by atoms with Crippen molar-refractivity contribution in [2.45, 2.75) is 0 Å². The molecule has 0 atom stereocenters. The van der Waals surface area contributed by atoms with Gasteiger partial charge in [-0.25, -0.2) is 4.79 Å². The number of hydrogen-bond donors (Lipinski definition) is 1. The summed E-state index contributed by atoms with van der Waals surface area (Å²) in [7, 11) is 0. The molecule has 6 heteroatoms. The fourth-order valence-electron chi connectivity index (χ4n) is 3.03. The van der Waals surface area contributed by atoms with E-state index in [1.165, 1.54) is 5.56 Å². The average molecular weight is 400 g/mol. The number of urea groups is 1. The number of carbonyl (C=O) groups is 1. The van der Waals surface area contributed by atoms with Gasteiger partial charge in [-0.1, -0.05) is 60.2 Å². The van der Waals surface area contributed by atoms with Crippen molar-refractivity contribution in [3.05, 3.63) is 71.3 Å². The molecule has 1 fully saturated rings. The summed E-state index contributed by atoms with van der Waals surface area (Å²) in [4.78, 5) is 16.5. The number of benzene rings is 2. The molecular formula is C22H26ClN3O2. The average Bonchev–Trinajstić information content (AvgIpc) is 2.72. The molecule has 5 nitrogen and oxygen atoms in total. The van der Waals surface area contributed by atoms with Gasteiger partial charge in [0.2, 0.25) is 0 Å². The van der Waals surface area contributed by atoms with Crippen LogP contribution < -0.4 is 10.1 Å². The van der Waals surface area contributed by atoms with Crippen LogP contribution in [0.3, 0.4) is 0 Å². The molecule has 0 unspecified atom stereocenters. The van der Waals surface area contributed by atoms with E-state index in [9.17, 15) is 4.79 Å². The number of ether oxygens (including phenoxy) is 1. The smallest absolute Gasteiger partial charge is 0.317 e. The molecule has 1 aliphatic heterocycles. The summed E-state index contributed by atoms with van der Waals surface area (Å²) in [6.07, 6.45) is 4.32. The Balaban J connectivity index is 1.30. The van der Waals surface area contributed by atoms with Crippen molar-refractivity contribution in [1.29, 1.82) is 0 Å². The second-order valence-electron chi connectivity index (χ2n) is 6.64. The highest BCUT2D eigenvalue weighted by molar-refractivity contribution is 6.30. The van der Waals surface area contributed by atoms with Gasteiger partial charge in [-0.15, -0.1) is 0 Å². The molecule has 2 aromatic carbocycles. The maximum absolute atomic E-state index is 12.3. The van der Waals surface area contributed by atoms with E-state index in [4.69, 9.17) is 16.3 Å². The number of piperazine rings is 1. The maximum atomic E-state index is 12.3. The third kappa shape index (κ3) is 6.59. The standard InChI is InChI=1S/C22H26ClN3O2/c23-20-9-4-10-21(18-20)28-17-11-24-22(27)26-15-13-25(14-16-26)12-5-8-19-6-2-1-3-7-19/h1-10,18H,11-17H2,(H,24,27)/b8-5+. The molecule has 0 saturated carbocycles. The first-order chi connectivity index (χ1) is 13.7. The lowest BCUT2D eigenvalue weighted by atomic mass is 10.2. The molecule has 0 aromatic heterocycles. The first kappa shape index (κ1) is 20.2. The largest absolute Gasteiger partial charge is 0.492 e. The van der Waals surface area contributed by atoms with Crippen LogP contribution in [-0.4, -0.2) is 61.7 Å². The first-order valence-corrected chi connectivity index (χ1v) is 9.93. The van der Waals surface area contributed by atoms with E-state index in [-0.39, 0.29) is 6.03 Å². The molecule has 1 saturated heterocycles. The Morgan fingerprint density at radius 1 is 1.07 bits per heavy atom. The molecular weight excluding hydrogens is 374 g/mol. The van der Waals surface area contributed by atoms with Crippen molar-refractivity contribution in [2.75, 3.05) is 45.9 Å². The fourth-order valence-corrected chi connectivity index (χ4v) is 3.21. The molecule has 3 rings (SSSR count). The third-order valence-corrected chi connectivity index (χ3v) is 4.81. The lowest BCUT2D eigenvalue weighted by Crippen LogP contribution is -2.52. The van der Waals surface area contributed by atoms with E-state index < -0.39 is 0 Å². The molecule has 0 spiro atoms. The molecule has 148 valence electrons. The summed E-state index contributed by atoms with van der Waals surface area (Å²) >= 11 is 5.92. The van der Waals surface area contributed by atoms with Gasteiger partial charge in [0.1, 0.15) is 12.4 Å². The molecule has 1 N–H and O–H groups in total. The zero-order valence-corrected chi connectivity index (χ0v) is 16.6. The van der Waals surface area contributed by atoms with Crippen molar-refractivity contribution in [2.24, 2.45) is 0 Å². The Kier molecular flexibility index (Phi) is 7.76. The van der Waals surface area contributed by atoms with Gasteiger partial charge in [0.15, 0.2) is 0 Å². The number of nitrogens with zero attached hydrogens (tertiary/aromatic N) is 2. The van der Waals surface area contributed by atoms with Gasteiger partial charge in [0.05, 0.1) is 6.54 Å². The zero-order chi connectivity index (χ0) is 19.6. The van der Waals surface area contributed by atoms with Gasteiger partial charge in [-0.2, -0.15) is 0 Å². The Hall–Kier alpha value is -2.50. The summed E-state index contributed by atoms with van der Waals surface area (Å²) in [5.41, 5.74) is 1.21. The SMILES string of the molecule is O=C(NCCOc1cccc(Cl)c1)N1CCN(C/C=C/c2ccccc2)CC1. The highest BCUT2D eigenvalue weighted by Gasteiger charge is 2.19. The van der Waals surface area contributed by atoms with Crippen molar-refractivity contribution in [3.8, 4) is 5.75 Å². The van der Waals surface area contributed by atoms with Gasteiger partial charge in [0, 0.05) is 37.7 Å². The topological polar surface area (TPSA) is 44.8 Å². The quantitative estimate of drug-likeness (QED) is 0.721. The Morgan fingerprint density at radius 2 is 1.86 bits per heavy atom. The molecule has 1 aliphatic rings. The first-order valence-electron chi connectivity index (χ1n) is 9.56. The van der Waals surface area contributed by atoms with E-state index in [0.717, 1.165) is 32.7 Å².